The van der Waals surface area contributed by atoms with Crippen LogP contribution in [0.2, 0.25) is 0 Å². The number of amides is 1. The number of carbonyl (C=O) groups is 2. The van der Waals surface area contributed by atoms with E-state index in [4.69, 9.17) is 0 Å². The molecular formula is C15H14FN2O5S2-. The van der Waals surface area contributed by atoms with Crippen LogP contribution in [0.3, 0.4) is 0 Å². The van der Waals surface area contributed by atoms with E-state index >= 15 is 0 Å². The highest BCUT2D eigenvalue weighted by Gasteiger charge is 2.49. The number of halogens is 1. The number of hydrogen-bond acceptors (Lipinski definition) is 6. The summed E-state index contributed by atoms with van der Waals surface area (Å²) in [6, 6.07) is 5.07. The first-order chi connectivity index (χ1) is 11.7. The number of rotatable bonds is 4. The first-order valence-electron chi connectivity index (χ1n) is 7.48. The van der Waals surface area contributed by atoms with Crippen molar-refractivity contribution in [3.8, 4) is 0 Å². The Bertz CT molecular complexity index is 838. The number of carboxylic acids is 1. The lowest BCUT2D eigenvalue weighted by Crippen LogP contribution is -2.37. The van der Waals surface area contributed by atoms with Gasteiger partial charge in [0.05, 0.1) is 17.5 Å². The zero-order chi connectivity index (χ0) is 18.2. The van der Waals surface area contributed by atoms with Gasteiger partial charge in [-0.1, -0.05) is 11.8 Å². The smallest absolute Gasteiger partial charge is 0.248 e. The lowest BCUT2D eigenvalue weighted by Gasteiger charge is -2.24. The number of aliphatic carboxylic acids is 1. The van der Waals surface area contributed by atoms with Crippen molar-refractivity contribution < 1.29 is 27.5 Å². The number of nitrogens with zero attached hydrogens (tertiary/aromatic N) is 2. The molecule has 0 N–H and O–H groups in total. The van der Waals surface area contributed by atoms with Gasteiger partial charge in [-0.3, -0.25) is 4.79 Å². The first kappa shape index (κ1) is 17.9. The summed E-state index contributed by atoms with van der Waals surface area (Å²) >= 11 is 1.17. The van der Waals surface area contributed by atoms with Gasteiger partial charge in [-0.2, -0.15) is 4.99 Å². The van der Waals surface area contributed by atoms with E-state index in [1.54, 1.807) is 4.90 Å². The summed E-state index contributed by atoms with van der Waals surface area (Å²) in [5.74, 6) is -2.50. The second kappa shape index (κ2) is 6.75. The van der Waals surface area contributed by atoms with Crippen LogP contribution in [0.4, 0.5) is 10.1 Å². The molecular weight excluding hydrogens is 371 g/mol. The minimum absolute atomic E-state index is 0.0215. The van der Waals surface area contributed by atoms with Crippen LogP contribution in [0.15, 0.2) is 29.3 Å². The predicted molar refractivity (Wildman–Crippen MR) is 89.4 cm³/mol. The zero-order valence-electron chi connectivity index (χ0n) is 12.9. The van der Waals surface area contributed by atoms with Crippen molar-refractivity contribution in [2.75, 3.05) is 16.4 Å². The Morgan fingerprint density at radius 2 is 1.92 bits per heavy atom. The number of aliphatic imine (C=N–C) groups is 1. The van der Waals surface area contributed by atoms with Crippen molar-refractivity contribution in [1.29, 1.82) is 0 Å². The molecule has 0 saturated carbocycles. The molecule has 0 unspecified atom stereocenters. The maximum atomic E-state index is 13.2. The van der Waals surface area contributed by atoms with E-state index in [-0.39, 0.29) is 23.2 Å². The Labute approximate surface area is 147 Å². The fraction of sp³-hybridized carbons (Fsp3) is 0.400. The van der Waals surface area contributed by atoms with Crippen LogP contribution in [0.5, 0.6) is 0 Å². The normalized spacial score (nSPS) is 26.0. The molecule has 0 aromatic heterocycles. The number of carboxylic acid groups (broad SMARTS) is 1. The Kier molecular flexibility index (Phi) is 4.83. The van der Waals surface area contributed by atoms with Crippen LogP contribution in [0, 0.1) is 5.82 Å². The second-order valence-corrected chi connectivity index (χ2v) is 9.17. The van der Waals surface area contributed by atoms with Gasteiger partial charge in [0.15, 0.2) is 15.0 Å². The number of anilines is 1. The Morgan fingerprint density at radius 3 is 2.56 bits per heavy atom. The second-order valence-electron chi connectivity index (χ2n) is 5.81. The van der Waals surface area contributed by atoms with E-state index < -0.39 is 40.0 Å². The van der Waals surface area contributed by atoms with Crippen LogP contribution in [-0.4, -0.2) is 48.3 Å². The van der Waals surface area contributed by atoms with Crippen LogP contribution < -0.4 is 10.0 Å². The van der Waals surface area contributed by atoms with E-state index in [0.717, 1.165) is 0 Å². The average molecular weight is 385 g/mol. The maximum Gasteiger partial charge on any atom is 0.248 e. The number of carbonyl (C=O) groups excluding carboxylic acids is 2. The van der Waals surface area contributed by atoms with E-state index in [2.05, 4.69) is 4.99 Å². The SMILES string of the molecule is O=C([O-])CCC(=O)N=C1S[C@@H]2CS(=O)(=O)C[C@@H]2N1c1ccc(F)cc1. The molecule has 0 spiro atoms. The summed E-state index contributed by atoms with van der Waals surface area (Å²) in [6.07, 6.45) is -0.727. The molecule has 1 aromatic carbocycles. The highest BCUT2D eigenvalue weighted by Crippen LogP contribution is 2.40. The highest BCUT2D eigenvalue weighted by molar-refractivity contribution is 8.16. The summed E-state index contributed by atoms with van der Waals surface area (Å²) in [4.78, 5) is 27.9. The summed E-state index contributed by atoms with van der Waals surface area (Å²) in [7, 11) is -3.19. The van der Waals surface area contributed by atoms with Gasteiger partial charge in [0.25, 0.3) is 0 Å². The van der Waals surface area contributed by atoms with Crippen molar-refractivity contribution in [3.63, 3.8) is 0 Å². The van der Waals surface area contributed by atoms with Crippen LogP contribution >= 0.6 is 11.8 Å². The third-order valence-corrected chi connectivity index (χ3v) is 7.14. The van der Waals surface area contributed by atoms with Crippen molar-refractivity contribution in [2.24, 2.45) is 4.99 Å². The van der Waals surface area contributed by atoms with Gasteiger partial charge >= 0.3 is 0 Å². The number of benzene rings is 1. The van der Waals surface area contributed by atoms with Gasteiger partial charge in [0.1, 0.15) is 5.82 Å². The summed E-state index contributed by atoms with van der Waals surface area (Å²) in [5.41, 5.74) is 0.532. The standard InChI is InChI=1S/C15H15FN2O5S2/c16-9-1-3-10(4-2-9)18-11-7-25(22,23)8-12(11)24-15(18)17-13(19)5-6-14(20)21/h1-4,11-12H,5-8H2,(H,20,21)/p-1/t11-,12+/m0/s1. The number of amidine groups is 1. The van der Waals surface area contributed by atoms with Gasteiger partial charge in [-0.25, -0.2) is 12.8 Å². The Morgan fingerprint density at radius 1 is 1.24 bits per heavy atom. The van der Waals surface area contributed by atoms with Crippen LogP contribution in [-0.2, 0) is 19.4 Å². The molecule has 25 heavy (non-hydrogen) atoms. The summed E-state index contributed by atoms with van der Waals surface area (Å²) < 4.78 is 37.0. The molecule has 2 aliphatic rings. The number of sulfone groups is 1. The van der Waals surface area contributed by atoms with Gasteiger partial charge in [0.2, 0.25) is 5.91 Å². The highest BCUT2D eigenvalue weighted by atomic mass is 32.2. The van der Waals surface area contributed by atoms with Crippen molar-refractivity contribution in [3.05, 3.63) is 30.1 Å². The monoisotopic (exact) mass is 385 g/mol. The molecule has 2 saturated heterocycles. The molecule has 10 heteroatoms. The first-order valence-corrected chi connectivity index (χ1v) is 10.2. The summed E-state index contributed by atoms with van der Waals surface area (Å²) in [6.45, 7) is 0. The predicted octanol–water partition coefficient (Wildman–Crippen LogP) is -0.0428. The molecule has 1 amide bonds. The van der Waals surface area contributed by atoms with Crippen molar-refractivity contribution in [1.82, 2.24) is 0 Å². The summed E-state index contributed by atoms with van der Waals surface area (Å²) in [5, 5.41) is 10.5. The number of thioether (sulfide) groups is 1. The Balaban J connectivity index is 1.90. The molecule has 134 valence electrons. The molecule has 3 rings (SSSR count). The molecule has 0 aliphatic carbocycles. The van der Waals surface area contributed by atoms with Gasteiger partial charge in [-0.15, -0.1) is 0 Å². The van der Waals surface area contributed by atoms with Crippen LogP contribution in [0.1, 0.15) is 12.8 Å². The third-order valence-electron chi connectivity index (χ3n) is 3.93. The minimum atomic E-state index is -3.19. The maximum absolute atomic E-state index is 13.2. The lowest BCUT2D eigenvalue weighted by atomic mass is 10.2. The molecule has 1 aromatic rings. The van der Waals surface area contributed by atoms with Gasteiger partial charge in [-0.05, 0) is 30.7 Å². The quantitative estimate of drug-likeness (QED) is 0.716. The third kappa shape index (κ3) is 4.01. The fourth-order valence-electron chi connectivity index (χ4n) is 2.84. The van der Waals surface area contributed by atoms with Gasteiger partial charge < -0.3 is 14.8 Å². The van der Waals surface area contributed by atoms with E-state index in [1.807, 2.05) is 0 Å². The average Bonchev–Trinajstić information content (AvgIpc) is 2.97. The minimum Gasteiger partial charge on any atom is -0.550 e. The van der Waals surface area contributed by atoms with Crippen molar-refractivity contribution >= 4 is 44.3 Å². The molecule has 0 radical (unpaired) electrons. The lowest BCUT2D eigenvalue weighted by molar-refractivity contribution is -0.305. The van der Waals surface area contributed by atoms with E-state index in [0.29, 0.717) is 10.9 Å². The molecule has 2 fully saturated rings. The van der Waals surface area contributed by atoms with Gasteiger partial charge in [0, 0.05) is 23.3 Å². The molecule has 2 aliphatic heterocycles. The largest absolute Gasteiger partial charge is 0.550 e. The molecule has 2 atom stereocenters. The van der Waals surface area contributed by atoms with Crippen molar-refractivity contribution in [2.45, 2.75) is 24.1 Å². The van der Waals surface area contributed by atoms with E-state index in [9.17, 15) is 27.5 Å². The Hall–Kier alpha value is -1.94. The molecule has 0 bridgehead atoms. The number of fused-ring (bicyclic) bond motifs is 1. The topological polar surface area (TPSA) is 107 Å². The zero-order valence-corrected chi connectivity index (χ0v) is 14.6. The fourth-order valence-corrected chi connectivity index (χ4v) is 6.77. The van der Waals surface area contributed by atoms with Crippen LogP contribution in [0.25, 0.3) is 0 Å². The molecule has 2 heterocycles. The molecule has 7 nitrogen and oxygen atoms in total. The number of hydrogen-bond donors (Lipinski definition) is 0. The van der Waals surface area contributed by atoms with E-state index in [1.165, 1.54) is 36.0 Å².